The number of nitriles is 1. The molecule has 6 heteroatoms. The maximum absolute atomic E-state index is 12.7. The molecule has 144 valence electrons. The van der Waals surface area contributed by atoms with Gasteiger partial charge in [-0.1, -0.05) is 37.3 Å². The highest BCUT2D eigenvalue weighted by molar-refractivity contribution is 5.98. The molecule has 1 fully saturated rings. The fraction of sp³-hybridized carbons (Fsp3) is 0.364. The van der Waals surface area contributed by atoms with E-state index in [2.05, 4.69) is 28.6 Å². The maximum Gasteiger partial charge on any atom is 0.269 e. The summed E-state index contributed by atoms with van der Waals surface area (Å²) in [5, 5.41) is 14.6. The van der Waals surface area contributed by atoms with E-state index in [9.17, 15) is 9.59 Å². The summed E-state index contributed by atoms with van der Waals surface area (Å²) >= 11 is 0. The highest BCUT2D eigenvalue weighted by Gasteiger charge is 2.34. The molecular weight excluding hydrogens is 352 g/mol. The average molecular weight is 376 g/mol. The standard InChI is InChI=1S/C22H24N4O2/c1-14-11-18(14)26-21(27)16-12-19(25-20(13-16)22(28)24-2)17(9-6-10-23)15-7-4-3-5-8-15/h3-5,7-8,12-14,17-18H,6,9,11H2,1-2H3,(H,24,28)(H,26,27)/t14-,17-,18-/m0/s1. The van der Waals surface area contributed by atoms with Crippen molar-refractivity contribution in [2.75, 3.05) is 7.05 Å². The summed E-state index contributed by atoms with van der Waals surface area (Å²) < 4.78 is 0. The van der Waals surface area contributed by atoms with Crippen LogP contribution in [-0.4, -0.2) is 29.9 Å². The van der Waals surface area contributed by atoms with E-state index in [0.717, 1.165) is 12.0 Å². The molecule has 1 aromatic heterocycles. The number of benzene rings is 1. The summed E-state index contributed by atoms with van der Waals surface area (Å²) in [5.41, 5.74) is 2.24. The molecule has 3 rings (SSSR count). The van der Waals surface area contributed by atoms with Gasteiger partial charge >= 0.3 is 0 Å². The molecule has 1 heterocycles. The first-order chi connectivity index (χ1) is 13.5. The normalized spacial score (nSPS) is 18.6. The highest BCUT2D eigenvalue weighted by atomic mass is 16.2. The molecule has 0 unspecified atom stereocenters. The van der Waals surface area contributed by atoms with Gasteiger partial charge in [0, 0.05) is 36.7 Å². The lowest BCUT2D eigenvalue weighted by Crippen LogP contribution is -2.28. The van der Waals surface area contributed by atoms with Gasteiger partial charge in [-0.15, -0.1) is 0 Å². The zero-order valence-corrected chi connectivity index (χ0v) is 16.1. The van der Waals surface area contributed by atoms with Crippen molar-refractivity contribution in [2.24, 2.45) is 5.92 Å². The minimum absolute atomic E-state index is 0.170. The van der Waals surface area contributed by atoms with Crippen molar-refractivity contribution < 1.29 is 9.59 Å². The minimum atomic E-state index is -0.345. The molecule has 1 aliphatic rings. The summed E-state index contributed by atoms with van der Waals surface area (Å²) in [6, 6.07) is 15.4. The average Bonchev–Trinajstić information content (AvgIpc) is 3.42. The Kier molecular flexibility index (Phi) is 6.05. The largest absolute Gasteiger partial charge is 0.354 e. The summed E-state index contributed by atoms with van der Waals surface area (Å²) in [5.74, 6) is -0.230. The van der Waals surface area contributed by atoms with E-state index < -0.39 is 0 Å². The van der Waals surface area contributed by atoms with Crippen LogP contribution < -0.4 is 10.6 Å². The van der Waals surface area contributed by atoms with Gasteiger partial charge in [0.05, 0.1) is 6.07 Å². The van der Waals surface area contributed by atoms with Gasteiger partial charge in [0.25, 0.3) is 11.8 Å². The number of pyridine rings is 1. The Hall–Kier alpha value is -3.20. The number of carbonyl (C=O) groups is 2. The first-order valence-corrected chi connectivity index (χ1v) is 9.50. The van der Waals surface area contributed by atoms with Gasteiger partial charge in [-0.2, -0.15) is 5.26 Å². The van der Waals surface area contributed by atoms with E-state index in [1.807, 2.05) is 30.3 Å². The third-order valence-electron chi connectivity index (χ3n) is 5.10. The van der Waals surface area contributed by atoms with Crippen molar-refractivity contribution >= 4 is 11.8 Å². The molecule has 2 amide bonds. The molecule has 1 aliphatic carbocycles. The minimum Gasteiger partial charge on any atom is -0.354 e. The van der Waals surface area contributed by atoms with E-state index in [1.54, 1.807) is 6.07 Å². The van der Waals surface area contributed by atoms with Gasteiger partial charge in [0.15, 0.2) is 0 Å². The second kappa shape index (κ2) is 8.66. The molecule has 2 N–H and O–H groups in total. The predicted octanol–water partition coefficient (Wildman–Crippen LogP) is 3.02. The molecule has 1 saturated carbocycles. The Bertz CT molecular complexity index is 904. The van der Waals surface area contributed by atoms with Crippen LogP contribution in [0.15, 0.2) is 42.5 Å². The van der Waals surface area contributed by atoms with Crippen molar-refractivity contribution in [3.05, 3.63) is 65.0 Å². The van der Waals surface area contributed by atoms with E-state index in [0.29, 0.717) is 30.0 Å². The molecule has 28 heavy (non-hydrogen) atoms. The molecule has 6 nitrogen and oxygen atoms in total. The van der Waals surface area contributed by atoms with Crippen LogP contribution in [0.1, 0.15) is 64.2 Å². The number of amides is 2. The van der Waals surface area contributed by atoms with Crippen molar-refractivity contribution in [1.29, 1.82) is 5.26 Å². The van der Waals surface area contributed by atoms with Crippen molar-refractivity contribution in [3.8, 4) is 6.07 Å². The van der Waals surface area contributed by atoms with Gasteiger partial charge in [0.1, 0.15) is 5.69 Å². The Labute approximate surface area is 165 Å². The van der Waals surface area contributed by atoms with Crippen molar-refractivity contribution in [1.82, 2.24) is 15.6 Å². The van der Waals surface area contributed by atoms with E-state index in [4.69, 9.17) is 5.26 Å². The number of carbonyl (C=O) groups excluding carboxylic acids is 2. The van der Waals surface area contributed by atoms with E-state index in [-0.39, 0.29) is 29.5 Å². The number of rotatable bonds is 7. The van der Waals surface area contributed by atoms with Crippen LogP contribution in [0.4, 0.5) is 0 Å². The van der Waals surface area contributed by atoms with Crippen LogP contribution in [0.5, 0.6) is 0 Å². The second-order valence-electron chi connectivity index (χ2n) is 7.20. The smallest absolute Gasteiger partial charge is 0.269 e. The number of nitrogens with one attached hydrogen (secondary N) is 2. The fourth-order valence-corrected chi connectivity index (χ4v) is 3.26. The van der Waals surface area contributed by atoms with Gasteiger partial charge in [-0.3, -0.25) is 9.59 Å². The maximum atomic E-state index is 12.7. The zero-order valence-electron chi connectivity index (χ0n) is 16.1. The molecular formula is C22H24N4O2. The lowest BCUT2D eigenvalue weighted by Gasteiger charge is -2.18. The molecule has 3 atom stereocenters. The van der Waals surface area contributed by atoms with Gasteiger partial charge in [-0.25, -0.2) is 4.98 Å². The molecule has 1 aromatic carbocycles. The molecule has 0 radical (unpaired) electrons. The first-order valence-electron chi connectivity index (χ1n) is 9.50. The number of nitrogens with zero attached hydrogens (tertiary/aromatic N) is 2. The van der Waals surface area contributed by atoms with Crippen LogP contribution in [0.3, 0.4) is 0 Å². The summed E-state index contributed by atoms with van der Waals surface area (Å²) in [7, 11) is 1.53. The number of aromatic nitrogens is 1. The summed E-state index contributed by atoms with van der Waals surface area (Å²) in [6.45, 7) is 2.09. The number of hydrogen-bond acceptors (Lipinski definition) is 4. The molecule has 0 saturated heterocycles. The van der Waals surface area contributed by atoms with Crippen molar-refractivity contribution in [3.63, 3.8) is 0 Å². The monoisotopic (exact) mass is 376 g/mol. The first kappa shape index (κ1) is 19.6. The Morgan fingerprint density at radius 1 is 1.25 bits per heavy atom. The van der Waals surface area contributed by atoms with E-state index >= 15 is 0 Å². The lowest BCUT2D eigenvalue weighted by atomic mass is 9.90. The second-order valence-corrected chi connectivity index (χ2v) is 7.20. The fourth-order valence-electron chi connectivity index (χ4n) is 3.26. The Morgan fingerprint density at radius 3 is 2.57 bits per heavy atom. The highest BCUT2D eigenvalue weighted by Crippen LogP contribution is 2.31. The van der Waals surface area contributed by atoms with Crippen LogP contribution in [0, 0.1) is 17.2 Å². The van der Waals surface area contributed by atoms with Crippen LogP contribution in [0.25, 0.3) is 0 Å². The lowest BCUT2D eigenvalue weighted by molar-refractivity contribution is 0.0949. The van der Waals surface area contributed by atoms with E-state index in [1.165, 1.54) is 13.1 Å². The third kappa shape index (κ3) is 4.55. The SMILES string of the molecule is CNC(=O)c1cc(C(=O)N[C@H]2C[C@@H]2C)cc([C@@H](CCC#N)c2ccccc2)n1. The Balaban J connectivity index is 2.01. The van der Waals surface area contributed by atoms with Gasteiger partial charge in [-0.05, 0) is 36.5 Å². The third-order valence-corrected chi connectivity index (χ3v) is 5.10. The molecule has 0 aliphatic heterocycles. The van der Waals surface area contributed by atoms with Crippen LogP contribution >= 0.6 is 0 Å². The molecule has 2 aromatic rings. The van der Waals surface area contributed by atoms with Gasteiger partial charge < -0.3 is 10.6 Å². The summed E-state index contributed by atoms with van der Waals surface area (Å²) in [6.07, 6.45) is 1.89. The molecule has 0 spiro atoms. The predicted molar refractivity (Wildman–Crippen MR) is 106 cm³/mol. The Morgan fingerprint density at radius 2 is 1.96 bits per heavy atom. The zero-order chi connectivity index (χ0) is 20.1. The van der Waals surface area contributed by atoms with Crippen LogP contribution in [-0.2, 0) is 0 Å². The van der Waals surface area contributed by atoms with Gasteiger partial charge in [0.2, 0.25) is 0 Å². The number of hydrogen-bond donors (Lipinski definition) is 2. The summed E-state index contributed by atoms with van der Waals surface area (Å²) in [4.78, 5) is 29.5. The van der Waals surface area contributed by atoms with Crippen LogP contribution in [0.2, 0.25) is 0 Å². The van der Waals surface area contributed by atoms with Crippen molar-refractivity contribution in [2.45, 2.75) is 38.1 Å². The molecule has 0 bridgehead atoms. The topological polar surface area (TPSA) is 94.9 Å². The quantitative estimate of drug-likeness (QED) is 0.776.